The number of ether oxygens (including phenoxy) is 1. The molecule has 0 aliphatic carbocycles. The van der Waals surface area contributed by atoms with Gasteiger partial charge < -0.3 is 30.3 Å². The highest BCUT2D eigenvalue weighted by Crippen LogP contribution is 2.35. The maximum Gasteiger partial charge on any atom is 0.317 e. The molecule has 0 bridgehead atoms. The summed E-state index contributed by atoms with van der Waals surface area (Å²) in [6, 6.07) is 11.8. The van der Waals surface area contributed by atoms with Crippen LogP contribution in [0.1, 0.15) is 47.9 Å². The van der Waals surface area contributed by atoms with E-state index in [-0.39, 0.29) is 53.4 Å². The zero-order valence-corrected chi connectivity index (χ0v) is 23.6. The summed E-state index contributed by atoms with van der Waals surface area (Å²) in [6.45, 7) is 7.86. The molecule has 3 N–H and O–H groups in total. The van der Waals surface area contributed by atoms with Crippen molar-refractivity contribution in [2.24, 2.45) is 5.92 Å². The van der Waals surface area contributed by atoms with Crippen molar-refractivity contribution in [3.8, 4) is 5.75 Å². The number of aliphatic hydroxyl groups excluding tert-OH is 1. The number of amides is 4. The minimum atomic E-state index is -0.506. The van der Waals surface area contributed by atoms with Crippen LogP contribution < -0.4 is 15.4 Å². The molecule has 0 unspecified atom stereocenters. The Kier molecular flexibility index (Phi) is 8.71. The Bertz CT molecular complexity index is 1330. The van der Waals surface area contributed by atoms with Crippen molar-refractivity contribution in [1.82, 2.24) is 20.1 Å². The van der Waals surface area contributed by atoms with Crippen LogP contribution in [0.4, 0.5) is 10.5 Å². The molecule has 4 rings (SSSR count). The number of hydrogen-bond acceptors (Lipinski definition) is 7. The predicted octanol–water partition coefficient (Wildman–Crippen LogP) is 3.82. The molecular formula is C28H35N5O5S. The van der Waals surface area contributed by atoms with Gasteiger partial charge in [-0.15, -0.1) is 11.3 Å². The fourth-order valence-electron chi connectivity index (χ4n) is 4.41. The molecular weight excluding hydrogens is 518 g/mol. The number of nitrogens with one attached hydrogen (secondary N) is 2. The molecule has 3 atom stereocenters. The van der Waals surface area contributed by atoms with E-state index in [0.29, 0.717) is 12.2 Å². The van der Waals surface area contributed by atoms with Gasteiger partial charge in [0, 0.05) is 25.6 Å². The van der Waals surface area contributed by atoms with Crippen molar-refractivity contribution >= 4 is 45.1 Å². The molecule has 39 heavy (non-hydrogen) atoms. The van der Waals surface area contributed by atoms with Gasteiger partial charge >= 0.3 is 6.03 Å². The molecule has 3 aromatic rings. The van der Waals surface area contributed by atoms with E-state index in [2.05, 4.69) is 15.6 Å². The number of likely N-dealkylation sites (N-methyl/N-ethyl adjacent to an activating group) is 1. The second-order valence-corrected chi connectivity index (χ2v) is 11.3. The van der Waals surface area contributed by atoms with Gasteiger partial charge in [0.25, 0.3) is 11.8 Å². The highest BCUT2D eigenvalue weighted by molar-refractivity contribution is 7.20. The van der Waals surface area contributed by atoms with Crippen molar-refractivity contribution in [2.45, 2.75) is 45.9 Å². The third kappa shape index (κ3) is 6.31. The number of carbonyl (C=O) groups excluding carboxylic acids is 3. The number of benzene rings is 2. The summed E-state index contributed by atoms with van der Waals surface area (Å²) in [5.41, 5.74) is 1.33. The Labute approximate surface area is 232 Å². The van der Waals surface area contributed by atoms with E-state index >= 15 is 0 Å². The summed E-state index contributed by atoms with van der Waals surface area (Å²) in [7, 11) is 1.69. The summed E-state index contributed by atoms with van der Waals surface area (Å²) in [5, 5.41) is 15.9. The number of fused-ring (bicyclic) bond motifs is 2. The van der Waals surface area contributed by atoms with Crippen LogP contribution in [0.15, 0.2) is 42.5 Å². The number of rotatable bonds is 7. The fourth-order valence-corrected chi connectivity index (χ4v) is 5.28. The molecule has 1 aliphatic rings. The minimum Gasteiger partial charge on any atom is -0.485 e. The van der Waals surface area contributed by atoms with Crippen LogP contribution >= 0.6 is 11.3 Å². The largest absolute Gasteiger partial charge is 0.485 e. The van der Waals surface area contributed by atoms with E-state index in [9.17, 15) is 19.5 Å². The lowest BCUT2D eigenvalue weighted by molar-refractivity contribution is 0.0368. The van der Waals surface area contributed by atoms with Gasteiger partial charge in [0.05, 0.1) is 40.7 Å². The Balaban J connectivity index is 1.70. The standard InChI is InChI=1S/C28H35N5O5S/c1-16(2)29-28(37)32(5)14-22-17(3)13-33(18(4)15-34)27(36)19-9-8-11-21(24(19)38-22)30-25(35)26-31-20-10-6-7-12-23(20)39-26/h6-12,16-18,22,34H,13-15H2,1-5H3,(H,29,37)(H,30,35)/t17-,18-,22-/m1/s1. The molecule has 1 aromatic heterocycles. The van der Waals surface area contributed by atoms with Crippen molar-refractivity contribution < 1.29 is 24.2 Å². The molecule has 0 saturated heterocycles. The number of urea groups is 1. The molecule has 11 heteroatoms. The number of thiazole rings is 1. The zero-order chi connectivity index (χ0) is 28.3. The van der Waals surface area contributed by atoms with Gasteiger partial charge in [0.2, 0.25) is 0 Å². The van der Waals surface area contributed by atoms with E-state index in [1.807, 2.05) is 45.0 Å². The number of anilines is 1. The topological polar surface area (TPSA) is 124 Å². The molecule has 2 aromatic carbocycles. The number of aromatic nitrogens is 1. The van der Waals surface area contributed by atoms with Crippen LogP contribution in [0.25, 0.3) is 10.2 Å². The van der Waals surface area contributed by atoms with E-state index in [1.54, 1.807) is 42.0 Å². The van der Waals surface area contributed by atoms with Gasteiger partial charge in [-0.2, -0.15) is 0 Å². The number of para-hydroxylation sites is 2. The highest BCUT2D eigenvalue weighted by atomic mass is 32.1. The normalized spacial score (nSPS) is 18.1. The number of hydrogen-bond donors (Lipinski definition) is 3. The van der Waals surface area contributed by atoms with Gasteiger partial charge in [0.1, 0.15) is 6.10 Å². The van der Waals surface area contributed by atoms with Crippen LogP contribution in [0.5, 0.6) is 5.75 Å². The summed E-state index contributed by atoms with van der Waals surface area (Å²) in [6.07, 6.45) is -0.506. The molecule has 208 valence electrons. The maximum atomic E-state index is 13.7. The monoisotopic (exact) mass is 553 g/mol. The minimum absolute atomic E-state index is 0.0285. The first-order valence-corrected chi connectivity index (χ1v) is 13.8. The van der Waals surface area contributed by atoms with Gasteiger partial charge in [-0.1, -0.05) is 25.1 Å². The van der Waals surface area contributed by atoms with Crippen molar-refractivity contribution in [2.75, 3.05) is 32.1 Å². The fraction of sp³-hybridized carbons (Fsp3) is 0.429. The van der Waals surface area contributed by atoms with Gasteiger partial charge in [0.15, 0.2) is 10.8 Å². The van der Waals surface area contributed by atoms with E-state index in [0.717, 1.165) is 10.2 Å². The van der Waals surface area contributed by atoms with Crippen LogP contribution in [0.2, 0.25) is 0 Å². The SMILES string of the molecule is CC(C)NC(=O)N(C)C[C@H]1Oc2c(NC(=O)c3nc4ccccc4s3)cccc2C(=O)N([C@H](C)CO)C[C@H]1C. The van der Waals surface area contributed by atoms with Gasteiger partial charge in [-0.05, 0) is 45.0 Å². The van der Waals surface area contributed by atoms with Crippen LogP contribution in [-0.4, -0.2) is 82.7 Å². The van der Waals surface area contributed by atoms with E-state index in [1.165, 1.54) is 11.3 Å². The molecule has 1 aliphatic heterocycles. The summed E-state index contributed by atoms with van der Waals surface area (Å²) < 4.78 is 7.36. The average Bonchev–Trinajstić information content (AvgIpc) is 3.34. The molecule has 4 amide bonds. The van der Waals surface area contributed by atoms with Crippen molar-refractivity contribution in [3.05, 3.63) is 53.0 Å². The van der Waals surface area contributed by atoms with E-state index < -0.39 is 18.1 Å². The Morgan fingerprint density at radius 3 is 2.64 bits per heavy atom. The molecule has 10 nitrogen and oxygen atoms in total. The third-order valence-corrected chi connectivity index (χ3v) is 7.68. The Morgan fingerprint density at radius 1 is 1.21 bits per heavy atom. The van der Waals surface area contributed by atoms with E-state index in [4.69, 9.17) is 4.74 Å². The number of nitrogens with zero attached hydrogens (tertiary/aromatic N) is 3. The summed E-state index contributed by atoms with van der Waals surface area (Å²) in [5.74, 6) is -0.695. The smallest absolute Gasteiger partial charge is 0.317 e. The number of aliphatic hydroxyl groups is 1. The zero-order valence-electron chi connectivity index (χ0n) is 22.8. The molecule has 0 radical (unpaired) electrons. The predicted molar refractivity (Wildman–Crippen MR) is 151 cm³/mol. The van der Waals surface area contributed by atoms with Crippen molar-refractivity contribution in [3.63, 3.8) is 0 Å². The second kappa shape index (κ2) is 12.0. The first-order chi connectivity index (χ1) is 18.6. The molecule has 0 spiro atoms. The van der Waals surface area contributed by atoms with Crippen LogP contribution in [0, 0.1) is 5.92 Å². The molecule has 0 saturated carbocycles. The van der Waals surface area contributed by atoms with Crippen LogP contribution in [0.3, 0.4) is 0 Å². The Morgan fingerprint density at radius 2 is 1.95 bits per heavy atom. The first-order valence-electron chi connectivity index (χ1n) is 13.0. The lowest BCUT2D eigenvalue weighted by Crippen LogP contribution is -2.51. The van der Waals surface area contributed by atoms with Crippen molar-refractivity contribution in [1.29, 1.82) is 0 Å². The molecule has 0 fully saturated rings. The number of carbonyl (C=O) groups is 3. The second-order valence-electron chi connectivity index (χ2n) is 10.2. The quantitative estimate of drug-likeness (QED) is 0.409. The third-order valence-electron chi connectivity index (χ3n) is 6.64. The van der Waals surface area contributed by atoms with Gasteiger partial charge in [-0.3, -0.25) is 9.59 Å². The lowest BCUT2D eigenvalue weighted by atomic mass is 9.99. The van der Waals surface area contributed by atoms with Gasteiger partial charge in [-0.25, -0.2) is 9.78 Å². The first kappa shape index (κ1) is 28.3. The summed E-state index contributed by atoms with van der Waals surface area (Å²) >= 11 is 1.28. The average molecular weight is 554 g/mol. The lowest BCUT2D eigenvalue weighted by Gasteiger charge is -2.38. The molecule has 2 heterocycles. The highest BCUT2D eigenvalue weighted by Gasteiger charge is 2.35. The maximum absolute atomic E-state index is 13.7. The Hall–Kier alpha value is -3.70. The summed E-state index contributed by atoms with van der Waals surface area (Å²) in [4.78, 5) is 47.1. The van der Waals surface area contributed by atoms with Crippen LogP contribution in [-0.2, 0) is 0 Å².